The molecule has 1 fully saturated rings. The summed E-state index contributed by atoms with van der Waals surface area (Å²) in [5.41, 5.74) is 9.46. The Hall–Kier alpha value is -2.68. The van der Waals surface area contributed by atoms with Crippen LogP contribution in [-0.2, 0) is 4.74 Å². The molecule has 152 valence electrons. The van der Waals surface area contributed by atoms with Crippen molar-refractivity contribution < 1.29 is 14.3 Å². The lowest BCUT2D eigenvalue weighted by molar-refractivity contribution is 0.0987. The predicted molar refractivity (Wildman–Crippen MR) is 116 cm³/mol. The summed E-state index contributed by atoms with van der Waals surface area (Å²) in [4.78, 5) is 21.6. The Labute approximate surface area is 173 Å². The van der Waals surface area contributed by atoms with Crippen molar-refractivity contribution in [1.82, 2.24) is 4.98 Å². The molecule has 29 heavy (non-hydrogen) atoms. The minimum Gasteiger partial charge on any atom is -0.494 e. The van der Waals surface area contributed by atoms with E-state index in [0.717, 1.165) is 34.6 Å². The van der Waals surface area contributed by atoms with Crippen LogP contribution in [0.2, 0.25) is 0 Å². The number of nitrogens with zero attached hydrogens (tertiary/aromatic N) is 3. The fourth-order valence-corrected chi connectivity index (χ4v) is 4.52. The molecule has 0 radical (unpaired) electrons. The van der Waals surface area contributed by atoms with E-state index in [1.807, 2.05) is 43.3 Å². The molecule has 1 saturated heterocycles. The average molecular weight is 413 g/mol. The molecule has 1 aliphatic heterocycles. The maximum absolute atomic E-state index is 13.1. The van der Waals surface area contributed by atoms with Gasteiger partial charge < -0.3 is 20.1 Å². The molecule has 0 saturated carbocycles. The molecule has 0 spiro atoms. The Morgan fingerprint density at radius 2 is 1.97 bits per heavy atom. The first-order valence-electron chi connectivity index (χ1n) is 9.51. The van der Waals surface area contributed by atoms with Crippen molar-refractivity contribution in [3.63, 3.8) is 0 Å². The fourth-order valence-electron chi connectivity index (χ4n) is 3.39. The smallest absolute Gasteiger partial charge is 0.261 e. The van der Waals surface area contributed by atoms with Gasteiger partial charge in [-0.15, -0.1) is 0 Å². The maximum atomic E-state index is 13.1. The van der Waals surface area contributed by atoms with Gasteiger partial charge in [-0.05, 0) is 31.2 Å². The lowest BCUT2D eigenvalue weighted by Crippen LogP contribution is -2.36. The number of anilines is 2. The van der Waals surface area contributed by atoms with Crippen molar-refractivity contribution in [2.24, 2.45) is 5.73 Å². The van der Waals surface area contributed by atoms with Gasteiger partial charge in [0.1, 0.15) is 11.3 Å². The van der Waals surface area contributed by atoms with Crippen LogP contribution in [0, 0.1) is 6.92 Å². The van der Waals surface area contributed by atoms with Gasteiger partial charge in [0, 0.05) is 18.7 Å². The number of thiazole rings is 1. The third-order valence-corrected chi connectivity index (χ3v) is 6.10. The second-order valence-electron chi connectivity index (χ2n) is 6.84. The highest BCUT2D eigenvalue weighted by molar-refractivity contribution is 7.23. The Morgan fingerprint density at radius 3 is 2.62 bits per heavy atom. The van der Waals surface area contributed by atoms with Crippen LogP contribution in [-0.4, -0.2) is 51.0 Å². The zero-order chi connectivity index (χ0) is 20.4. The topological polar surface area (TPSA) is 80.9 Å². The number of morpholine rings is 1. The first-order chi connectivity index (χ1) is 14.1. The summed E-state index contributed by atoms with van der Waals surface area (Å²) in [5.74, 6) is 0.512. The van der Waals surface area contributed by atoms with E-state index < -0.39 is 0 Å². The summed E-state index contributed by atoms with van der Waals surface area (Å²) in [6.45, 7) is 5.05. The van der Waals surface area contributed by atoms with E-state index in [0.29, 0.717) is 29.7 Å². The average Bonchev–Trinajstić information content (AvgIpc) is 3.19. The van der Waals surface area contributed by atoms with Gasteiger partial charge in [0.05, 0.1) is 37.4 Å². The van der Waals surface area contributed by atoms with Gasteiger partial charge in [-0.25, -0.2) is 4.98 Å². The summed E-state index contributed by atoms with van der Waals surface area (Å²) in [5, 5.41) is 0.562. The molecule has 0 atom stereocenters. The maximum Gasteiger partial charge on any atom is 0.261 e. The van der Waals surface area contributed by atoms with Crippen LogP contribution in [0.25, 0.3) is 10.2 Å². The summed E-state index contributed by atoms with van der Waals surface area (Å²) in [6, 6.07) is 11.4. The first kappa shape index (κ1) is 19.6. The van der Waals surface area contributed by atoms with E-state index >= 15 is 0 Å². The lowest BCUT2D eigenvalue weighted by atomic mass is 10.1. The molecule has 1 aliphatic rings. The molecule has 0 aliphatic carbocycles. The van der Waals surface area contributed by atoms with E-state index in [2.05, 4.69) is 4.90 Å². The van der Waals surface area contributed by atoms with Crippen molar-refractivity contribution in [1.29, 1.82) is 0 Å². The van der Waals surface area contributed by atoms with Crippen LogP contribution in [0.4, 0.5) is 10.8 Å². The van der Waals surface area contributed by atoms with Crippen molar-refractivity contribution in [3.05, 3.63) is 47.5 Å². The van der Waals surface area contributed by atoms with E-state index in [1.54, 1.807) is 7.11 Å². The monoisotopic (exact) mass is 412 g/mol. The van der Waals surface area contributed by atoms with Crippen LogP contribution in [0.15, 0.2) is 36.4 Å². The fraction of sp³-hybridized carbons (Fsp3) is 0.333. The van der Waals surface area contributed by atoms with E-state index in [9.17, 15) is 4.79 Å². The number of aryl methyl sites for hydroxylation is 1. The minimum atomic E-state index is -0.168. The number of fused-ring (bicyclic) bond motifs is 1. The van der Waals surface area contributed by atoms with Gasteiger partial charge in [0.25, 0.3) is 5.91 Å². The number of ether oxygens (including phenoxy) is 2. The molecule has 4 rings (SSSR count). The number of carbonyl (C=O) groups excluding carboxylic acids is 1. The molecule has 8 heteroatoms. The van der Waals surface area contributed by atoms with Crippen LogP contribution >= 0.6 is 11.3 Å². The second kappa shape index (κ2) is 8.36. The normalized spacial score (nSPS) is 14.2. The quantitative estimate of drug-likeness (QED) is 0.649. The highest BCUT2D eigenvalue weighted by Crippen LogP contribution is 2.40. The zero-order valence-electron chi connectivity index (χ0n) is 16.6. The molecular formula is C21H24N4O3S. The number of hydrogen-bond acceptors (Lipinski definition) is 7. The van der Waals surface area contributed by atoms with Gasteiger partial charge in [-0.1, -0.05) is 29.0 Å². The number of aromatic nitrogens is 1. The van der Waals surface area contributed by atoms with Crippen LogP contribution in [0.1, 0.15) is 15.9 Å². The van der Waals surface area contributed by atoms with Gasteiger partial charge >= 0.3 is 0 Å². The number of methoxy groups -OCH3 is 1. The molecule has 1 aromatic heterocycles. The van der Waals surface area contributed by atoms with E-state index in [1.165, 1.54) is 16.2 Å². The number of nitrogens with two attached hydrogens (primary N) is 1. The molecule has 2 aromatic carbocycles. The molecular weight excluding hydrogens is 388 g/mol. The van der Waals surface area contributed by atoms with Gasteiger partial charge in [0.2, 0.25) is 0 Å². The Kier molecular flexibility index (Phi) is 5.66. The third kappa shape index (κ3) is 3.78. The minimum absolute atomic E-state index is 0.0434. The summed E-state index contributed by atoms with van der Waals surface area (Å²) in [6.07, 6.45) is 0. The number of benzene rings is 2. The number of rotatable bonds is 5. The van der Waals surface area contributed by atoms with Crippen molar-refractivity contribution in [3.8, 4) is 5.75 Å². The highest BCUT2D eigenvalue weighted by atomic mass is 32.1. The van der Waals surface area contributed by atoms with Gasteiger partial charge in [-0.2, -0.15) is 0 Å². The molecule has 0 bridgehead atoms. The molecule has 7 nitrogen and oxygen atoms in total. The number of carbonyl (C=O) groups is 1. The van der Waals surface area contributed by atoms with Crippen molar-refractivity contribution in [2.75, 3.05) is 49.9 Å². The van der Waals surface area contributed by atoms with Gasteiger partial charge in [0.15, 0.2) is 5.13 Å². The number of amides is 1. The molecule has 0 unspecified atom stereocenters. The van der Waals surface area contributed by atoms with Crippen molar-refractivity contribution >= 4 is 38.3 Å². The first-order valence-corrected chi connectivity index (χ1v) is 10.3. The Bertz CT molecular complexity index is 1010. The lowest BCUT2D eigenvalue weighted by Gasteiger charge is -2.29. The van der Waals surface area contributed by atoms with E-state index in [-0.39, 0.29) is 12.6 Å². The van der Waals surface area contributed by atoms with E-state index in [4.69, 9.17) is 20.2 Å². The molecule has 2 heterocycles. The van der Waals surface area contributed by atoms with Crippen LogP contribution in [0.5, 0.6) is 5.75 Å². The predicted octanol–water partition coefficient (Wildman–Crippen LogP) is 3.01. The summed E-state index contributed by atoms with van der Waals surface area (Å²) >= 11 is 1.46. The SMILES string of the molecule is COc1ccc(N2CCOCC2)c2sc(N(CN)C(=O)c3ccc(C)cc3)nc12. The van der Waals surface area contributed by atoms with Crippen LogP contribution < -0.4 is 20.3 Å². The number of hydrogen-bond donors (Lipinski definition) is 1. The summed E-state index contributed by atoms with van der Waals surface area (Å²) in [7, 11) is 1.63. The summed E-state index contributed by atoms with van der Waals surface area (Å²) < 4.78 is 12.0. The Balaban J connectivity index is 1.76. The van der Waals surface area contributed by atoms with Crippen molar-refractivity contribution in [2.45, 2.75) is 6.92 Å². The molecule has 1 amide bonds. The zero-order valence-corrected chi connectivity index (χ0v) is 17.4. The van der Waals surface area contributed by atoms with Crippen LogP contribution in [0.3, 0.4) is 0 Å². The Morgan fingerprint density at radius 1 is 1.24 bits per heavy atom. The second-order valence-corrected chi connectivity index (χ2v) is 7.82. The largest absolute Gasteiger partial charge is 0.494 e. The standard InChI is InChI=1S/C21H24N4O3S/c1-14-3-5-15(6-4-14)20(26)25(13-22)21-23-18-17(27-2)8-7-16(19(18)29-21)24-9-11-28-12-10-24/h3-8H,9-13,22H2,1-2H3. The third-order valence-electron chi connectivity index (χ3n) is 5.00. The molecule has 2 N–H and O–H groups in total. The highest BCUT2D eigenvalue weighted by Gasteiger charge is 2.24. The molecule has 3 aromatic rings. The van der Waals surface area contributed by atoms with Gasteiger partial charge in [-0.3, -0.25) is 9.69 Å².